The topological polar surface area (TPSA) is 26.3 Å². The highest BCUT2D eigenvalue weighted by atomic mass is 19.1. The molecule has 1 aromatic carbocycles. The Morgan fingerprint density at radius 1 is 1.50 bits per heavy atom. The number of carbonyl (C=O) groups excluding carboxylic acids is 1. The van der Waals surface area contributed by atoms with Crippen LogP contribution in [0.5, 0.6) is 0 Å². The summed E-state index contributed by atoms with van der Waals surface area (Å²) >= 11 is 0. The van der Waals surface area contributed by atoms with E-state index >= 15 is 0 Å². The predicted molar refractivity (Wildman–Crippen MR) is 58.8 cm³/mol. The molecule has 0 aliphatic carbocycles. The lowest BCUT2D eigenvalue weighted by molar-refractivity contribution is -0.130. The number of rotatable bonds is 2. The quantitative estimate of drug-likeness (QED) is 0.767. The predicted octanol–water partition coefficient (Wildman–Crippen LogP) is 2.28. The molecule has 1 aliphatic heterocycles. The van der Waals surface area contributed by atoms with Gasteiger partial charge in [-0.05, 0) is 36.6 Å². The van der Waals surface area contributed by atoms with E-state index in [1.54, 1.807) is 6.07 Å². The summed E-state index contributed by atoms with van der Waals surface area (Å²) in [5.74, 6) is -0.0274. The largest absolute Gasteiger partial charge is 0.380 e. The lowest BCUT2D eigenvalue weighted by Crippen LogP contribution is -2.29. The molecule has 0 amide bonds. The molecule has 0 bridgehead atoms. The summed E-state index contributed by atoms with van der Waals surface area (Å²) < 4.78 is 18.2. The SMILES string of the molecule is Cc1cc(F)ccc1CC1COCCC1=O. The zero-order valence-electron chi connectivity index (χ0n) is 9.33. The Morgan fingerprint density at radius 3 is 3.00 bits per heavy atom. The number of benzene rings is 1. The van der Waals surface area contributed by atoms with Gasteiger partial charge in [-0.15, -0.1) is 0 Å². The van der Waals surface area contributed by atoms with Gasteiger partial charge in [0.2, 0.25) is 0 Å². The van der Waals surface area contributed by atoms with Crippen LogP contribution in [0.4, 0.5) is 4.39 Å². The van der Waals surface area contributed by atoms with Crippen LogP contribution in [0.15, 0.2) is 18.2 Å². The molecule has 3 heteroatoms. The van der Waals surface area contributed by atoms with Crippen molar-refractivity contribution in [2.45, 2.75) is 19.8 Å². The minimum atomic E-state index is -0.229. The summed E-state index contributed by atoms with van der Waals surface area (Å²) in [4.78, 5) is 11.6. The maximum atomic E-state index is 12.9. The Kier molecular flexibility index (Phi) is 3.34. The first-order valence-electron chi connectivity index (χ1n) is 5.52. The lowest BCUT2D eigenvalue weighted by atomic mass is 9.91. The molecule has 1 heterocycles. The van der Waals surface area contributed by atoms with Crippen molar-refractivity contribution in [3.63, 3.8) is 0 Å². The van der Waals surface area contributed by atoms with E-state index in [0.29, 0.717) is 26.1 Å². The summed E-state index contributed by atoms with van der Waals surface area (Å²) in [6.07, 6.45) is 1.16. The summed E-state index contributed by atoms with van der Waals surface area (Å²) in [6.45, 7) is 2.90. The van der Waals surface area contributed by atoms with Crippen molar-refractivity contribution in [3.8, 4) is 0 Å². The fourth-order valence-electron chi connectivity index (χ4n) is 2.02. The number of ketones is 1. The van der Waals surface area contributed by atoms with Gasteiger partial charge < -0.3 is 4.74 Å². The van der Waals surface area contributed by atoms with E-state index in [1.807, 2.05) is 6.92 Å². The highest BCUT2D eigenvalue weighted by Crippen LogP contribution is 2.19. The van der Waals surface area contributed by atoms with Crippen LogP contribution in [0, 0.1) is 18.7 Å². The molecule has 1 fully saturated rings. The average Bonchev–Trinajstić information content (AvgIpc) is 2.25. The zero-order valence-corrected chi connectivity index (χ0v) is 9.33. The number of Topliss-reactive ketones (excluding diaryl/α,β-unsaturated/α-hetero) is 1. The van der Waals surface area contributed by atoms with Crippen LogP contribution in [0.3, 0.4) is 0 Å². The molecule has 1 unspecified atom stereocenters. The van der Waals surface area contributed by atoms with Gasteiger partial charge in [-0.2, -0.15) is 0 Å². The molecule has 0 saturated carbocycles. The van der Waals surface area contributed by atoms with E-state index in [4.69, 9.17) is 4.74 Å². The normalized spacial score (nSPS) is 21.1. The molecule has 2 nitrogen and oxygen atoms in total. The van der Waals surface area contributed by atoms with Crippen molar-refractivity contribution in [1.29, 1.82) is 0 Å². The zero-order chi connectivity index (χ0) is 11.5. The third-order valence-electron chi connectivity index (χ3n) is 3.04. The number of hydrogen-bond donors (Lipinski definition) is 0. The number of aryl methyl sites for hydroxylation is 1. The molecule has 0 aromatic heterocycles. The van der Waals surface area contributed by atoms with Crippen molar-refractivity contribution in [2.24, 2.45) is 5.92 Å². The molecule has 0 radical (unpaired) electrons. The van der Waals surface area contributed by atoms with E-state index < -0.39 is 0 Å². The van der Waals surface area contributed by atoms with E-state index in [1.165, 1.54) is 12.1 Å². The molecule has 1 saturated heterocycles. The molecule has 1 aromatic rings. The standard InChI is InChI=1S/C13H15FO2/c1-9-6-12(14)3-2-10(9)7-11-8-16-5-4-13(11)15/h2-3,6,11H,4-5,7-8H2,1H3. The van der Waals surface area contributed by atoms with Gasteiger partial charge in [0.05, 0.1) is 13.2 Å². The Hall–Kier alpha value is -1.22. The first-order valence-corrected chi connectivity index (χ1v) is 5.52. The van der Waals surface area contributed by atoms with Crippen molar-refractivity contribution < 1.29 is 13.9 Å². The average molecular weight is 222 g/mol. The van der Waals surface area contributed by atoms with Crippen molar-refractivity contribution in [2.75, 3.05) is 13.2 Å². The van der Waals surface area contributed by atoms with Gasteiger partial charge in [0.1, 0.15) is 11.6 Å². The highest BCUT2D eigenvalue weighted by Gasteiger charge is 2.23. The van der Waals surface area contributed by atoms with Crippen LogP contribution in [0.25, 0.3) is 0 Å². The van der Waals surface area contributed by atoms with E-state index in [2.05, 4.69) is 0 Å². The van der Waals surface area contributed by atoms with Gasteiger partial charge in [0, 0.05) is 12.3 Å². The fourth-order valence-corrected chi connectivity index (χ4v) is 2.02. The van der Waals surface area contributed by atoms with Crippen molar-refractivity contribution in [1.82, 2.24) is 0 Å². The monoisotopic (exact) mass is 222 g/mol. The second-order valence-corrected chi connectivity index (χ2v) is 4.26. The first kappa shape index (κ1) is 11.3. The molecule has 1 atom stereocenters. The van der Waals surface area contributed by atoms with E-state index in [9.17, 15) is 9.18 Å². The van der Waals surface area contributed by atoms with Gasteiger partial charge in [0.15, 0.2) is 0 Å². The second kappa shape index (κ2) is 4.74. The van der Waals surface area contributed by atoms with Crippen LogP contribution in [-0.2, 0) is 16.0 Å². The van der Waals surface area contributed by atoms with E-state index in [-0.39, 0.29) is 17.5 Å². The Bertz CT molecular complexity index is 401. The van der Waals surface area contributed by atoms with Crippen LogP contribution < -0.4 is 0 Å². The first-order chi connectivity index (χ1) is 7.66. The maximum absolute atomic E-state index is 12.9. The van der Waals surface area contributed by atoms with Gasteiger partial charge in [-0.1, -0.05) is 6.07 Å². The second-order valence-electron chi connectivity index (χ2n) is 4.26. The molecule has 0 spiro atoms. The number of hydrogen-bond acceptors (Lipinski definition) is 2. The summed E-state index contributed by atoms with van der Waals surface area (Å²) in [5.41, 5.74) is 1.93. The van der Waals surface area contributed by atoms with Gasteiger partial charge in [0.25, 0.3) is 0 Å². The van der Waals surface area contributed by atoms with Crippen molar-refractivity contribution >= 4 is 5.78 Å². The smallest absolute Gasteiger partial charge is 0.140 e. The minimum absolute atomic E-state index is 0.0575. The van der Waals surface area contributed by atoms with Gasteiger partial charge in [-0.25, -0.2) is 4.39 Å². The molecule has 0 N–H and O–H groups in total. The minimum Gasteiger partial charge on any atom is -0.380 e. The van der Waals surface area contributed by atoms with Gasteiger partial charge in [-0.3, -0.25) is 4.79 Å². The maximum Gasteiger partial charge on any atom is 0.140 e. The molecule has 16 heavy (non-hydrogen) atoms. The fraction of sp³-hybridized carbons (Fsp3) is 0.462. The number of carbonyl (C=O) groups is 1. The van der Waals surface area contributed by atoms with Gasteiger partial charge >= 0.3 is 0 Å². The van der Waals surface area contributed by atoms with Crippen LogP contribution in [0.1, 0.15) is 17.5 Å². The molecule has 2 rings (SSSR count). The molecule has 1 aliphatic rings. The van der Waals surface area contributed by atoms with Crippen molar-refractivity contribution in [3.05, 3.63) is 35.1 Å². The lowest BCUT2D eigenvalue weighted by Gasteiger charge is -2.21. The van der Waals surface area contributed by atoms with Crippen LogP contribution in [-0.4, -0.2) is 19.0 Å². The third kappa shape index (κ3) is 2.47. The molecular weight excluding hydrogens is 207 g/mol. The van der Waals surface area contributed by atoms with Crippen LogP contribution in [0.2, 0.25) is 0 Å². The Morgan fingerprint density at radius 2 is 2.31 bits per heavy atom. The summed E-state index contributed by atoms with van der Waals surface area (Å²) in [7, 11) is 0. The molecular formula is C13H15FO2. The third-order valence-corrected chi connectivity index (χ3v) is 3.04. The van der Waals surface area contributed by atoms with Crippen LogP contribution >= 0.6 is 0 Å². The number of ether oxygens (including phenoxy) is 1. The Labute approximate surface area is 94.4 Å². The summed E-state index contributed by atoms with van der Waals surface area (Å²) in [5, 5.41) is 0. The summed E-state index contributed by atoms with van der Waals surface area (Å²) in [6, 6.07) is 4.70. The molecule has 86 valence electrons. The number of halogens is 1. The highest BCUT2D eigenvalue weighted by molar-refractivity contribution is 5.82. The Balaban J connectivity index is 2.10. The van der Waals surface area contributed by atoms with E-state index in [0.717, 1.165) is 11.1 Å².